The van der Waals surface area contributed by atoms with E-state index in [1.807, 2.05) is 0 Å². The molecule has 0 aliphatic rings. The number of aliphatic imine (C=N–C) groups is 1. The highest BCUT2D eigenvalue weighted by atomic mass is 16.6. The average molecular weight is 285 g/mol. The third kappa shape index (κ3) is 15.8. The monoisotopic (exact) mass is 285 g/mol. The van der Waals surface area contributed by atoms with Crippen LogP contribution in [0.2, 0.25) is 0 Å². The lowest BCUT2D eigenvalue weighted by Gasteiger charge is -2.03. The fraction of sp³-hybridized carbons (Fsp3) is 0.462. The lowest BCUT2D eigenvalue weighted by molar-refractivity contribution is -0.140. The van der Waals surface area contributed by atoms with E-state index in [1.165, 1.54) is 13.2 Å². The molecule has 20 heavy (non-hydrogen) atoms. The van der Waals surface area contributed by atoms with Crippen LogP contribution in [0.4, 0.5) is 0 Å². The van der Waals surface area contributed by atoms with Crippen LogP contribution < -0.4 is 0 Å². The molecule has 7 heteroatoms. The lowest BCUT2D eigenvalue weighted by atomic mass is 10.4. The van der Waals surface area contributed by atoms with E-state index in [4.69, 9.17) is 9.47 Å². The van der Waals surface area contributed by atoms with Crippen molar-refractivity contribution in [2.24, 2.45) is 4.99 Å². The summed E-state index contributed by atoms with van der Waals surface area (Å²) < 4.78 is 13.9. The Labute approximate surface area is 117 Å². The molecule has 0 aromatic rings. The average Bonchev–Trinajstić information content (AvgIpc) is 2.45. The molecule has 0 saturated heterocycles. The van der Waals surface area contributed by atoms with Crippen molar-refractivity contribution < 1.29 is 28.6 Å². The van der Waals surface area contributed by atoms with Crippen LogP contribution in [0.1, 0.15) is 6.92 Å². The van der Waals surface area contributed by atoms with E-state index in [9.17, 15) is 14.4 Å². The van der Waals surface area contributed by atoms with Crippen molar-refractivity contribution >= 4 is 18.0 Å². The van der Waals surface area contributed by atoms with Crippen molar-refractivity contribution in [3.05, 3.63) is 24.8 Å². The molecule has 0 N–H and O–H groups in total. The zero-order chi connectivity index (χ0) is 15.8. The third-order valence-corrected chi connectivity index (χ3v) is 1.59. The SMILES string of the molecule is C=C(C)C(=O)OCCOCCN=C=O.C=CC(=O)OC. The minimum absolute atomic E-state index is 0.177. The molecule has 0 aliphatic carbocycles. The summed E-state index contributed by atoms with van der Waals surface area (Å²) in [5.41, 5.74) is 0.357. The summed E-state index contributed by atoms with van der Waals surface area (Å²) in [6.07, 6.45) is 2.50. The number of esters is 2. The van der Waals surface area contributed by atoms with Crippen LogP contribution in [0.3, 0.4) is 0 Å². The first-order chi connectivity index (χ1) is 9.49. The first-order valence-corrected chi connectivity index (χ1v) is 5.64. The van der Waals surface area contributed by atoms with E-state index in [1.54, 1.807) is 6.92 Å². The van der Waals surface area contributed by atoms with Gasteiger partial charge < -0.3 is 14.2 Å². The zero-order valence-electron chi connectivity index (χ0n) is 11.7. The van der Waals surface area contributed by atoms with Crippen molar-refractivity contribution in [3.63, 3.8) is 0 Å². The van der Waals surface area contributed by atoms with Crippen molar-refractivity contribution in [2.45, 2.75) is 6.92 Å². The Bertz CT molecular complexity index is 371. The van der Waals surface area contributed by atoms with E-state index in [0.29, 0.717) is 12.2 Å². The van der Waals surface area contributed by atoms with Crippen molar-refractivity contribution in [3.8, 4) is 0 Å². The first-order valence-electron chi connectivity index (χ1n) is 5.64. The molecule has 0 aromatic heterocycles. The standard InChI is InChI=1S/C9H13NO4.C4H6O2/c1-8(2)9(12)14-6-5-13-4-3-10-7-11;1-3-4(5)6-2/h1,3-6H2,2H3;3H,1H2,2H3. The summed E-state index contributed by atoms with van der Waals surface area (Å²) >= 11 is 0. The Hall–Kier alpha value is -2.24. The number of hydrogen-bond donors (Lipinski definition) is 0. The smallest absolute Gasteiger partial charge is 0.333 e. The quantitative estimate of drug-likeness (QED) is 0.215. The molecule has 112 valence electrons. The molecule has 0 aliphatic heterocycles. The molecule has 0 rings (SSSR count). The second-order valence-corrected chi connectivity index (χ2v) is 3.23. The summed E-state index contributed by atoms with van der Waals surface area (Å²) in [6.45, 7) is 9.21. The van der Waals surface area contributed by atoms with E-state index in [2.05, 4.69) is 22.9 Å². The van der Waals surface area contributed by atoms with Crippen LogP contribution in [0.15, 0.2) is 29.8 Å². The molecule has 0 amide bonds. The highest BCUT2D eigenvalue weighted by Gasteiger charge is 2.01. The molecule has 0 unspecified atom stereocenters. The van der Waals surface area contributed by atoms with E-state index < -0.39 is 11.9 Å². The van der Waals surface area contributed by atoms with Crippen molar-refractivity contribution in [2.75, 3.05) is 33.5 Å². The molecule has 0 bridgehead atoms. The molecule has 0 fully saturated rings. The summed E-state index contributed by atoms with van der Waals surface area (Å²) in [5.74, 6) is -0.825. The van der Waals surface area contributed by atoms with Crippen molar-refractivity contribution in [1.29, 1.82) is 0 Å². The molecule has 0 heterocycles. The maximum atomic E-state index is 10.8. The first kappa shape index (κ1) is 20.1. The molecule has 0 atom stereocenters. The number of isocyanates is 1. The minimum atomic E-state index is -0.431. The Morgan fingerprint density at radius 2 is 1.95 bits per heavy atom. The van der Waals surface area contributed by atoms with Gasteiger partial charge in [-0.25, -0.2) is 19.4 Å². The topological polar surface area (TPSA) is 91.3 Å². The highest BCUT2D eigenvalue weighted by Crippen LogP contribution is 1.91. The van der Waals surface area contributed by atoms with Gasteiger partial charge in [0.05, 0.1) is 26.9 Å². The van der Waals surface area contributed by atoms with Crippen LogP contribution in [0, 0.1) is 0 Å². The molecular weight excluding hydrogens is 266 g/mol. The molecule has 0 radical (unpaired) electrons. The second kappa shape index (κ2) is 14.8. The normalized spacial score (nSPS) is 8.30. The third-order valence-electron chi connectivity index (χ3n) is 1.59. The van der Waals surface area contributed by atoms with Crippen LogP contribution in [0.5, 0.6) is 0 Å². The maximum Gasteiger partial charge on any atom is 0.333 e. The van der Waals surface area contributed by atoms with Gasteiger partial charge >= 0.3 is 11.9 Å². The predicted molar refractivity (Wildman–Crippen MR) is 71.8 cm³/mol. The number of nitrogens with zero attached hydrogens (tertiary/aromatic N) is 1. The van der Waals surface area contributed by atoms with Gasteiger partial charge in [0.25, 0.3) is 0 Å². The second-order valence-electron chi connectivity index (χ2n) is 3.23. The van der Waals surface area contributed by atoms with Crippen LogP contribution in [-0.2, 0) is 28.6 Å². The molecule has 7 nitrogen and oxygen atoms in total. The van der Waals surface area contributed by atoms with Gasteiger partial charge in [-0.1, -0.05) is 13.2 Å². The molecular formula is C13H19NO6. The summed E-state index contributed by atoms with van der Waals surface area (Å²) in [6, 6.07) is 0. The number of carbonyl (C=O) groups is 2. The number of hydrogen-bond acceptors (Lipinski definition) is 7. The largest absolute Gasteiger partial charge is 0.466 e. The molecule has 0 spiro atoms. The lowest BCUT2D eigenvalue weighted by Crippen LogP contribution is -2.11. The summed E-state index contributed by atoms with van der Waals surface area (Å²) in [7, 11) is 1.31. The van der Waals surface area contributed by atoms with E-state index in [-0.39, 0.29) is 19.8 Å². The van der Waals surface area contributed by atoms with Gasteiger partial charge in [0.15, 0.2) is 0 Å². The van der Waals surface area contributed by atoms with Gasteiger partial charge in [-0.15, -0.1) is 0 Å². The Morgan fingerprint density at radius 3 is 2.35 bits per heavy atom. The summed E-state index contributed by atoms with van der Waals surface area (Å²) in [4.78, 5) is 33.6. The Morgan fingerprint density at radius 1 is 1.30 bits per heavy atom. The highest BCUT2D eigenvalue weighted by molar-refractivity contribution is 5.86. The predicted octanol–water partition coefficient (Wildman–Crippen LogP) is 0.803. The van der Waals surface area contributed by atoms with Crippen LogP contribution >= 0.6 is 0 Å². The van der Waals surface area contributed by atoms with Crippen molar-refractivity contribution in [1.82, 2.24) is 0 Å². The van der Waals surface area contributed by atoms with Crippen LogP contribution in [-0.4, -0.2) is 51.5 Å². The number of rotatable bonds is 8. The Kier molecular flexibility index (Phi) is 14.9. The van der Waals surface area contributed by atoms with Crippen LogP contribution in [0.25, 0.3) is 0 Å². The van der Waals surface area contributed by atoms with Gasteiger partial charge in [-0.05, 0) is 6.92 Å². The van der Waals surface area contributed by atoms with Gasteiger partial charge in [0, 0.05) is 11.6 Å². The Balaban J connectivity index is 0. The fourth-order valence-corrected chi connectivity index (χ4v) is 0.658. The number of ether oxygens (including phenoxy) is 3. The summed E-state index contributed by atoms with van der Waals surface area (Å²) in [5, 5.41) is 0. The zero-order valence-corrected chi connectivity index (χ0v) is 11.7. The number of methoxy groups -OCH3 is 1. The molecule has 0 saturated carbocycles. The minimum Gasteiger partial charge on any atom is -0.466 e. The van der Waals surface area contributed by atoms with Gasteiger partial charge in [0.1, 0.15) is 6.61 Å². The van der Waals surface area contributed by atoms with Gasteiger partial charge in [-0.3, -0.25) is 0 Å². The van der Waals surface area contributed by atoms with E-state index in [0.717, 1.165) is 6.08 Å². The maximum absolute atomic E-state index is 10.8. The number of carbonyl (C=O) groups excluding carboxylic acids is 3. The van der Waals surface area contributed by atoms with E-state index >= 15 is 0 Å². The molecule has 0 aromatic carbocycles. The van der Waals surface area contributed by atoms with Gasteiger partial charge in [-0.2, -0.15) is 0 Å². The van der Waals surface area contributed by atoms with Gasteiger partial charge in [0.2, 0.25) is 6.08 Å². The fourth-order valence-electron chi connectivity index (χ4n) is 0.658.